The molecule has 0 saturated carbocycles. The van der Waals surface area contributed by atoms with Crippen molar-refractivity contribution in [3.63, 3.8) is 0 Å². The molecule has 0 bridgehead atoms. The zero-order chi connectivity index (χ0) is 20.3. The monoisotopic (exact) mass is 468 g/mol. The summed E-state index contributed by atoms with van der Waals surface area (Å²) in [7, 11) is 0. The maximum Gasteiger partial charge on any atom is 0.325 e. The second kappa shape index (κ2) is 10.9. The minimum atomic E-state index is -0.985. The highest BCUT2D eigenvalue weighted by Gasteiger charge is 2.55. The maximum atomic E-state index is 13.6. The molecule has 1 unspecified atom stereocenters. The average Bonchev–Trinajstić information content (AvgIpc) is 2.99. The van der Waals surface area contributed by atoms with Gasteiger partial charge in [-0.05, 0) is 61.7 Å². The number of amides is 3. The van der Waals surface area contributed by atoms with Crippen LogP contribution in [0.3, 0.4) is 0 Å². The van der Waals surface area contributed by atoms with Crippen LogP contribution in [0.4, 0.5) is 9.18 Å². The van der Waals surface area contributed by atoms with Gasteiger partial charge >= 0.3 is 6.03 Å². The fraction of sp³-hybridized carbons (Fsp3) is 0.409. The summed E-state index contributed by atoms with van der Waals surface area (Å²) in [6.07, 6.45) is 4.19. The van der Waals surface area contributed by atoms with E-state index in [1.165, 1.54) is 17.0 Å². The highest BCUT2D eigenvalue weighted by Crippen LogP contribution is 2.35. The topological polar surface area (TPSA) is 74.3 Å². The van der Waals surface area contributed by atoms with Crippen LogP contribution in [0.15, 0.2) is 48.7 Å². The Labute approximate surface area is 193 Å². The Morgan fingerprint density at radius 2 is 1.77 bits per heavy atom. The van der Waals surface area contributed by atoms with E-state index < -0.39 is 5.54 Å². The summed E-state index contributed by atoms with van der Waals surface area (Å²) >= 11 is 0. The van der Waals surface area contributed by atoms with E-state index in [0.29, 0.717) is 12.8 Å². The molecule has 3 heterocycles. The first-order valence-corrected chi connectivity index (χ1v) is 10.1. The standard InChI is InChI=1S/C22H25FN4O2.2ClH/c23-18-6-4-16(5-7-18)15-22(17-8-12-24-13-9-17)20(28)27(21(29)26-22)14-10-19-3-1-2-11-25-19;;/h1-7,11,17,24H,8-10,12-15H2,(H,26,29);2*1H. The molecule has 2 N–H and O–H groups in total. The number of aromatic nitrogens is 1. The van der Waals surface area contributed by atoms with Gasteiger partial charge in [-0.25, -0.2) is 9.18 Å². The van der Waals surface area contributed by atoms with Crippen LogP contribution in [0.2, 0.25) is 0 Å². The SMILES string of the molecule is Cl.Cl.O=C1NC(Cc2ccc(F)cc2)(C2CCNCC2)C(=O)N1CCc1ccccn1. The normalized spacial score (nSPS) is 21.3. The van der Waals surface area contributed by atoms with Crippen molar-refractivity contribution in [1.29, 1.82) is 0 Å². The predicted octanol–water partition coefficient (Wildman–Crippen LogP) is 3.14. The second-order valence-electron chi connectivity index (χ2n) is 7.76. The summed E-state index contributed by atoms with van der Waals surface area (Å²) in [5.41, 5.74) is 0.692. The summed E-state index contributed by atoms with van der Waals surface area (Å²) < 4.78 is 13.4. The van der Waals surface area contributed by atoms with E-state index in [-0.39, 0.29) is 55.0 Å². The molecule has 31 heavy (non-hydrogen) atoms. The molecule has 3 amide bonds. The molecule has 0 radical (unpaired) electrons. The first-order valence-electron chi connectivity index (χ1n) is 10.1. The van der Waals surface area contributed by atoms with Gasteiger partial charge < -0.3 is 10.6 Å². The molecular weight excluding hydrogens is 442 g/mol. The highest BCUT2D eigenvalue weighted by molar-refractivity contribution is 6.07. The molecule has 0 spiro atoms. The Morgan fingerprint density at radius 3 is 2.42 bits per heavy atom. The van der Waals surface area contributed by atoms with Gasteiger partial charge in [0.2, 0.25) is 0 Å². The Kier molecular flexibility index (Phi) is 8.79. The average molecular weight is 469 g/mol. The molecule has 1 aromatic heterocycles. The summed E-state index contributed by atoms with van der Waals surface area (Å²) in [5, 5.41) is 6.35. The third kappa shape index (κ3) is 5.34. The number of hydrogen-bond acceptors (Lipinski definition) is 4. The van der Waals surface area contributed by atoms with Crippen molar-refractivity contribution in [2.24, 2.45) is 5.92 Å². The lowest BCUT2D eigenvalue weighted by Crippen LogP contribution is -2.57. The van der Waals surface area contributed by atoms with E-state index in [9.17, 15) is 14.0 Å². The van der Waals surface area contributed by atoms with Crippen LogP contribution in [0.1, 0.15) is 24.1 Å². The zero-order valence-corrected chi connectivity index (χ0v) is 18.7. The number of rotatable bonds is 6. The van der Waals surface area contributed by atoms with E-state index in [4.69, 9.17) is 0 Å². The van der Waals surface area contributed by atoms with E-state index in [0.717, 1.165) is 37.2 Å². The minimum absolute atomic E-state index is 0. The van der Waals surface area contributed by atoms with Crippen molar-refractivity contribution in [2.45, 2.75) is 31.2 Å². The fourth-order valence-corrected chi connectivity index (χ4v) is 4.40. The lowest BCUT2D eigenvalue weighted by molar-refractivity contribution is -0.133. The zero-order valence-electron chi connectivity index (χ0n) is 17.1. The van der Waals surface area contributed by atoms with Gasteiger partial charge in [0.1, 0.15) is 11.4 Å². The second-order valence-corrected chi connectivity index (χ2v) is 7.76. The molecular formula is C22H27Cl2FN4O2. The predicted molar refractivity (Wildman–Crippen MR) is 121 cm³/mol. The molecule has 2 saturated heterocycles. The van der Waals surface area contributed by atoms with Crippen LogP contribution < -0.4 is 10.6 Å². The van der Waals surface area contributed by atoms with Crippen LogP contribution >= 0.6 is 24.8 Å². The molecule has 168 valence electrons. The first-order chi connectivity index (χ1) is 14.1. The van der Waals surface area contributed by atoms with Gasteiger partial charge in [0.25, 0.3) is 5.91 Å². The van der Waals surface area contributed by atoms with Crippen LogP contribution in [0.25, 0.3) is 0 Å². The Bertz CT molecular complexity index is 879. The number of imide groups is 1. The number of hydrogen-bond donors (Lipinski definition) is 2. The number of carbonyl (C=O) groups is 2. The lowest BCUT2D eigenvalue weighted by atomic mass is 9.74. The van der Waals surface area contributed by atoms with E-state index in [1.54, 1.807) is 18.3 Å². The van der Waals surface area contributed by atoms with E-state index >= 15 is 0 Å². The number of nitrogens with zero attached hydrogens (tertiary/aromatic N) is 2. The van der Waals surface area contributed by atoms with Crippen LogP contribution in [0.5, 0.6) is 0 Å². The molecule has 2 aromatic rings. The molecule has 1 atom stereocenters. The summed E-state index contributed by atoms with van der Waals surface area (Å²) in [6, 6.07) is 11.4. The van der Waals surface area contributed by atoms with Gasteiger partial charge in [0.15, 0.2) is 0 Å². The van der Waals surface area contributed by atoms with Gasteiger partial charge in [0.05, 0.1) is 0 Å². The molecule has 2 aliphatic heterocycles. The smallest absolute Gasteiger partial charge is 0.322 e. The van der Waals surface area contributed by atoms with E-state index in [2.05, 4.69) is 15.6 Å². The van der Waals surface area contributed by atoms with Gasteiger partial charge in [-0.1, -0.05) is 18.2 Å². The van der Waals surface area contributed by atoms with Crippen molar-refractivity contribution in [3.8, 4) is 0 Å². The van der Waals surface area contributed by atoms with Crippen LogP contribution in [-0.4, -0.2) is 47.0 Å². The molecule has 2 fully saturated rings. The number of carbonyl (C=O) groups excluding carboxylic acids is 2. The number of nitrogens with one attached hydrogen (secondary N) is 2. The number of pyridine rings is 1. The highest BCUT2D eigenvalue weighted by atomic mass is 35.5. The van der Waals surface area contributed by atoms with E-state index in [1.807, 2.05) is 18.2 Å². The first kappa shape index (κ1) is 25.0. The molecule has 0 aliphatic carbocycles. The number of benzene rings is 1. The lowest BCUT2D eigenvalue weighted by Gasteiger charge is -2.38. The van der Waals surface area contributed by atoms with Gasteiger partial charge in [0, 0.05) is 31.3 Å². The molecule has 1 aromatic carbocycles. The fourth-order valence-electron chi connectivity index (χ4n) is 4.40. The Balaban J connectivity index is 0.00000171. The molecule has 2 aliphatic rings. The van der Waals surface area contributed by atoms with Gasteiger partial charge in [-0.2, -0.15) is 0 Å². The van der Waals surface area contributed by atoms with Crippen molar-refractivity contribution in [2.75, 3.05) is 19.6 Å². The summed E-state index contributed by atoms with van der Waals surface area (Å²) in [6.45, 7) is 1.91. The van der Waals surface area contributed by atoms with Gasteiger partial charge in [-0.3, -0.25) is 14.7 Å². The summed E-state index contributed by atoms with van der Waals surface area (Å²) in [5.74, 6) is -0.469. The van der Waals surface area contributed by atoms with Crippen LogP contribution in [-0.2, 0) is 17.6 Å². The van der Waals surface area contributed by atoms with Gasteiger partial charge in [-0.15, -0.1) is 24.8 Å². The molecule has 4 rings (SSSR count). The maximum absolute atomic E-state index is 13.6. The molecule has 9 heteroatoms. The summed E-state index contributed by atoms with van der Waals surface area (Å²) in [4.78, 5) is 32.0. The van der Waals surface area contributed by atoms with Crippen molar-refractivity contribution < 1.29 is 14.0 Å². The van der Waals surface area contributed by atoms with Crippen LogP contribution in [0, 0.1) is 11.7 Å². The van der Waals surface area contributed by atoms with Crippen molar-refractivity contribution >= 4 is 36.8 Å². The quantitative estimate of drug-likeness (QED) is 0.638. The molecule has 6 nitrogen and oxygen atoms in total. The third-order valence-electron chi connectivity index (χ3n) is 5.95. The Hall–Kier alpha value is -2.22. The Morgan fingerprint density at radius 1 is 1.06 bits per heavy atom. The number of urea groups is 1. The minimum Gasteiger partial charge on any atom is -0.322 e. The van der Waals surface area contributed by atoms with Crippen molar-refractivity contribution in [1.82, 2.24) is 20.5 Å². The number of halogens is 3. The van der Waals surface area contributed by atoms with Crippen molar-refractivity contribution in [3.05, 3.63) is 65.7 Å². The largest absolute Gasteiger partial charge is 0.325 e. The number of piperidine rings is 1. The third-order valence-corrected chi connectivity index (χ3v) is 5.95.